The summed E-state index contributed by atoms with van der Waals surface area (Å²) >= 11 is 3.36. The molecule has 0 fully saturated rings. The number of halogens is 1. The molecule has 0 aliphatic heterocycles. The highest BCUT2D eigenvalue weighted by atomic mass is 79.9. The van der Waals surface area contributed by atoms with E-state index in [1.807, 2.05) is 18.2 Å². The molecular formula is C24H24BrNO4S. The molecule has 7 heteroatoms. The van der Waals surface area contributed by atoms with Gasteiger partial charge in [-0.2, -0.15) is 4.31 Å². The Bertz CT molecular complexity index is 1120. The van der Waals surface area contributed by atoms with E-state index in [1.165, 1.54) is 12.1 Å². The zero-order valence-corrected chi connectivity index (χ0v) is 19.6. The van der Waals surface area contributed by atoms with Crippen LogP contribution in [0.4, 0.5) is 5.69 Å². The van der Waals surface area contributed by atoms with Crippen molar-refractivity contribution in [2.45, 2.75) is 31.1 Å². The summed E-state index contributed by atoms with van der Waals surface area (Å²) < 4.78 is 33.8. The van der Waals surface area contributed by atoms with Crippen LogP contribution in [-0.2, 0) is 21.2 Å². The van der Waals surface area contributed by atoms with Gasteiger partial charge in [-0.05, 0) is 70.7 Å². The van der Waals surface area contributed by atoms with Crippen LogP contribution in [0.5, 0.6) is 5.75 Å². The summed E-state index contributed by atoms with van der Waals surface area (Å²) in [7, 11) is -4.11. The molecule has 0 saturated carbocycles. The van der Waals surface area contributed by atoms with Gasteiger partial charge in [0.15, 0.2) is 6.61 Å². The minimum absolute atomic E-state index is 0.0410. The van der Waals surface area contributed by atoms with E-state index in [1.54, 1.807) is 48.5 Å². The molecule has 0 radical (unpaired) electrons. The Kier molecular flexibility index (Phi) is 7.87. The third-order valence-electron chi connectivity index (χ3n) is 4.69. The van der Waals surface area contributed by atoms with Crippen LogP contribution in [-0.4, -0.2) is 20.9 Å². The van der Waals surface area contributed by atoms with Crippen molar-refractivity contribution in [2.75, 3.05) is 10.9 Å². The van der Waals surface area contributed by atoms with Gasteiger partial charge >= 0.3 is 0 Å². The smallest absolute Gasteiger partial charge is 0.278 e. The third-order valence-corrected chi connectivity index (χ3v) is 7.10. The zero-order chi connectivity index (χ0) is 22.3. The Morgan fingerprint density at radius 3 is 2.23 bits per heavy atom. The van der Waals surface area contributed by atoms with E-state index < -0.39 is 22.5 Å². The van der Waals surface area contributed by atoms with Crippen molar-refractivity contribution in [1.29, 1.82) is 0 Å². The van der Waals surface area contributed by atoms with Crippen LogP contribution in [0.25, 0.3) is 0 Å². The van der Waals surface area contributed by atoms with Crippen molar-refractivity contribution < 1.29 is 17.9 Å². The first kappa shape index (κ1) is 23.0. The fraction of sp³-hybridized carbons (Fsp3) is 0.208. The van der Waals surface area contributed by atoms with Crippen molar-refractivity contribution in [3.8, 4) is 5.75 Å². The summed E-state index contributed by atoms with van der Waals surface area (Å²) in [6, 6.07) is 22.1. The highest BCUT2D eigenvalue weighted by Gasteiger charge is 2.31. The second-order valence-corrected chi connectivity index (χ2v) is 9.61. The van der Waals surface area contributed by atoms with E-state index >= 15 is 0 Å². The number of nitrogens with zero attached hydrogens (tertiary/aromatic N) is 1. The van der Waals surface area contributed by atoms with E-state index in [2.05, 4.69) is 22.9 Å². The molecule has 3 aromatic rings. The van der Waals surface area contributed by atoms with E-state index in [9.17, 15) is 13.2 Å². The number of amides is 1. The molecule has 31 heavy (non-hydrogen) atoms. The Balaban J connectivity index is 1.92. The number of ether oxygens (including phenoxy) is 1. The van der Waals surface area contributed by atoms with Crippen molar-refractivity contribution >= 4 is 37.5 Å². The van der Waals surface area contributed by atoms with Gasteiger partial charge in [-0.1, -0.05) is 55.8 Å². The van der Waals surface area contributed by atoms with Gasteiger partial charge in [0.2, 0.25) is 0 Å². The van der Waals surface area contributed by atoms with Crippen molar-refractivity contribution in [3.63, 3.8) is 0 Å². The third kappa shape index (κ3) is 5.74. The van der Waals surface area contributed by atoms with Crippen LogP contribution < -0.4 is 9.04 Å². The summed E-state index contributed by atoms with van der Waals surface area (Å²) in [6.07, 6.45) is 3.02. The fourth-order valence-electron chi connectivity index (χ4n) is 3.05. The summed E-state index contributed by atoms with van der Waals surface area (Å²) in [5.41, 5.74) is 1.38. The molecule has 0 N–H and O–H groups in total. The molecule has 0 bridgehead atoms. The van der Waals surface area contributed by atoms with Crippen molar-refractivity contribution in [2.24, 2.45) is 0 Å². The first-order valence-corrected chi connectivity index (χ1v) is 12.3. The number of aryl methyl sites for hydroxylation is 1. The Labute approximate surface area is 191 Å². The van der Waals surface area contributed by atoms with Crippen LogP contribution in [0, 0.1) is 0 Å². The lowest BCUT2D eigenvalue weighted by atomic mass is 10.1. The van der Waals surface area contributed by atoms with Gasteiger partial charge in [-0.3, -0.25) is 4.79 Å². The summed E-state index contributed by atoms with van der Waals surface area (Å²) in [5.74, 6) is -0.219. The van der Waals surface area contributed by atoms with Crippen LogP contribution in [0.2, 0.25) is 0 Å². The lowest BCUT2D eigenvalue weighted by Gasteiger charge is -2.23. The summed E-state index contributed by atoms with van der Waals surface area (Å²) in [5, 5.41) is 0. The average Bonchev–Trinajstić information content (AvgIpc) is 2.78. The highest BCUT2D eigenvalue weighted by molar-refractivity contribution is 9.10. The van der Waals surface area contributed by atoms with Crippen LogP contribution in [0.3, 0.4) is 0 Å². The number of unbranched alkanes of at least 4 members (excludes halogenated alkanes) is 1. The molecule has 0 atom stereocenters. The highest BCUT2D eigenvalue weighted by Crippen LogP contribution is 2.27. The van der Waals surface area contributed by atoms with Gasteiger partial charge in [-0.15, -0.1) is 0 Å². The fourth-order valence-corrected chi connectivity index (χ4v) is 4.88. The summed E-state index contributed by atoms with van der Waals surface area (Å²) in [4.78, 5) is 13.2. The number of anilines is 1. The van der Waals surface area contributed by atoms with Gasteiger partial charge < -0.3 is 4.74 Å². The number of carbonyl (C=O) groups is 1. The number of rotatable bonds is 9. The largest absolute Gasteiger partial charge is 0.483 e. The number of hydrogen-bond acceptors (Lipinski definition) is 4. The maximum absolute atomic E-state index is 13.3. The number of sulfonamides is 1. The predicted molar refractivity (Wildman–Crippen MR) is 126 cm³/mol. The number of benzene rings is 3. The van der Waals surface area contributed by atoms with E-state index in [0.29, 0.717) is 10.2 Å². The first-order valence-electron chi connectivity index (χ1n) is 10.0. The lowest BCUT2D eigenvalue weighted by molar-refractivity contribution is -0.119. The Morgan fingerprint density at radius 1 is 0.935 bits per heavy atom. The molecule has 1 amide bonds. The second kappa shape index (κ2) is 10.6. The van der Waals surface area contributed by atoms with Crippen molar-refractivity contribution in [3.05, 3.63) is 88.9 Å². The van der Waals surface area contributed by atoms with Crippen molar-refractivity contribution in [1.82, 2.24) is 0 Å². The molecule has 3 rings (SSSR count). The van der Waals surface area contributed by atoms with Gasteiger partial charge in [-0.25, -0.2) is 8.42 Å². The van der Waals surface area contributed by atoms with Gasteiger partial charge in [0.1, 0.15) is 5.75 Å². The monoisotopic (exact) mass is 501 g/mol. The Hall–Kier alpha value is -2.64. The Morgan fingerprint density at radius 2 is 1.58 bits per heavy atom. The standard InChI is InChI=1S/C24H24BrNO4S/c1-2-3-9-19-14-16-20(17-15-19)26(31(28,29)21-10-5-4-6-11-21)24(27)18-30-23-13-8-7-12-22(23)25/h4-8,10-17H,2-3,9,18H2,1H3. The number of carbonyl (C=O) groups excluding carboxylic acids is 1. The lowest BCUT2D eigenvalue weighted by Crippen LogP contribution is -2.40. The molecule has 0 unspecified atom stereocenters. The molecule has 5 nitrogen and oxygen atoms in total. The molecule has 0 saturated heterocycles. The molecule has 0 spiro atoms. The topological polar surface area (TPSA) is 63.7 Å². The predicted octanol–water partition coefficient (Wildman–Crippen LogP) is 5.59. The van der Waals surface area contributed by atoms with Crippen LogP contribution in [0.15, 0.2) is 88.2 Å². The summed E-state index contributed by atoms with van der Waals surface area (Å²) in [6.45, 7) is 1.69. The first-order chi connectivity index (χ1) is 14.9. The minimum Gasteiger partial charge on any atom is -0.483 e. The van der Waals surface area contributed by atoms with E-state index in [-0.39, 0.29) is 10.6 Å². The maximum atomic E-state index is 13.3. The minimum atomic E-state index is -4.11. The normalized spacial score (nSPS) is 11.2. The SMILES string of the molecule is CCCCc1ccc(N(C(=O)COc2ccccc2Br)S(=O)(=O)c2ccccc2)cc1. The molecule has 162 valence electrons. The average molecular weight is 502 g/mol. The van der Waals surface area contributed by atoms with E-state index in [4.69, 9.17) is 4.74 Å². The molecule has 3 aromatic carbocycles. The van der Waals surface area contributed by atoms with Crippen LogP contribution >= 0.6 is 15.9 Å². The number of para-hydroxylation sites is 1. The maximum Gasteiger partial charge on any atom is 0.278 e. The molecule has 0 aliphatic rings. The number of hydrogen-bond donors (Lipinski definition) is 0. The van der Waals surface area contributed by atoms with E-state index in [0.717, 1.165) is 29.1 Å². The van der Waals surface area contributed by atoms with Gasteiger partial charge in [0.25, 0.3) is 15.9 Å². The van der Waals surface area contributed by atoms with Gasteiger partial charge in [0.05, 0.1) is 15.1 Å². The van der Waals surface area contributed by atoms with Crippen LogP contribution in [0.1, 0.15) is 25.3 Å². The molecule has 0 aromatic heterocycles. The molecule has 0 heterocycles. The molecule has 0 aliphatic carbocycles. The van der Waals surface area contributed by atoms with Gasteiger partial charge in [0, 0.05) is 0 Å². The quantitative estimate of drug-likeness (QED) is 0.383. The molecular weight excluding hydrogens is 478 g/mol. The zero-order valence-electron chi connectivity index (χ0n) is 17.2. The second-order valence-electron chi connectivity index (χ2n) is 6.97.